The minimum atomic E-state index is 0.360. The van der Waals surface area contributed by atoms with E-state index < -0.39 is 0 Å². The SMILES string of the molecule is Cn1c(CN2CCCC2)nnc1[C@@H]1CCCN(c2nc3ccccc3o2)C1. The Kier molecular flexibility index (Phi) is 4.32. The van der Waals surface area contributed by atoms with Gasteiger partial charge in [-0.15, -0.1) is 10.2 Å². The molecular formula is C20H26N6O. The number of para-hydroxylation sites is 2. The van der Waals surface area contributed by atoms with Crippen LogP contribution in [0.15, 0.2) is 28.7 Å². The second kappa shape index (κ2) is 6.96. The first-order valence-corrected chi connectivity index (χ1v) is 9.99. The molecule has 2 fully saturated rings. The highest BCUT2D eigenvalue weighted by molar-refractivity contribution is 5.74. The molecule has 2 aliphatic rings. The summed E-state index contributed by atoms with van der Waals surface area (Å²) >= 11 is 0. The van der Waals surface area contributed by atoms with E-state index in [2.05, 4.69) is 36.6 Å². The first-order chi connectivity index (χ1) is 13.3. The molecule has 4 heterocycles. The fourth-order valence-corrected chi connectivity index (χ4v) is 4.37. The number of aromatic nitrogens is 4. The number of benzene rings is 1. The maximum atomic E-state index is 5.98. The molecule has 1 atom stereocenters. The van der Waals surface area contributed by atoms with E-state index in [-0.39, 0.29) is 0 Å². The van der Waals surface area contributed by atoms with Gasteiger partial charge in [0.15, 0.2) is 5.58 Å². The number of oxazole rings is 1. The Hall–Kier alpha value is -2.41. The molecule has 0 radical (unpaired) electrons. The minimum Gasteiger partial charge on any atom is -0.423 e. The molecule has 0 aliphatic carbocycles. The lowest BCUT2D eigenvalue weighted by molar-refractivity contribution is 0.317. The quantitative estimate of drug-likeness (QED) is 0.707. The van der Waals surface area contributed by atoms with E-state index in [1.165, 1.54) is 25.9 Å². The van der Waals surface area contributed by atoms with Crippen molar-refractivity contribution in [2.75, 3.05) is 31.1 Å². The molecule has 0 amide bonds. The molecule has 2 saturated heterocycles. The number of rotatable bonds is 4. The highest BCUT2D eigenvalue weighted by atomic mass is 16.4. The Labute approximate surface area is 159 Å². The van der Waals surface area contributed by atoms with Crippen LogP contribution in [0, 0.1) is 0 Å². The van der Waals surface area contributed by atoms with Gasteiger partial charge in [0.05, 0.1) is 6.54 Å². The summed E-state index contributed by atoms with van der Waals surface area (Å²) in [4.78, 5) is 9.39. The molecule has 1 aromatic carbocycles. The molecule has 5 rings (SSSR count). The maximum absolute atomic E-state index is 5.98. The van der Waals surface area contributed by atoms with E-state index in [4.69, 9.17) is 4.42 Å². The van der Waals surface area contributed by atoms with Gasteiger partial charge in [0.1, 0.15) is 17.2 Å². The molecule has 3 aromatic rings. The van der Waals surface area contributed by atoms with Gasteiger partial charge in [0, 0.05) is 26.1 Å². The standard InChI is InChI=1S/C20H26N6O/c1-24-18(14-25-10-4-5-11-25)22-23-19(24)15-7-6-12-26(13-15)20-21-16-8-2-3-9-17(16)27-20/h2-3,8-9,15H,4-7,10-14H2,1H3/t15-/m1/s1. The van der Waals surface area contributed by atoms with Crippen LogP contribution in [0.4, 0.5) is 6.01 Å². The molecule has 0 N–H and O–H groups in total. The lowest BCUT2D eigenvalue weighted by atomic mass is 9.97. The fraction of sp³-hybridized carbons (Fsp3) is 0.550. The van der Waals surface area contributed by atoms with Crippen molar-refractivity contribution in [1.82, 2.24) is 24.6 Å². The Bertz CT molecular complexity index is 893. The van der Waals surface area contributed by atoms with Gasteiger partial charge < -0.3 is 13.9 Å². The number of hydrogen-bond acceptors (Lipinski definition) is 6. The molecule has 0 spiro atoms. The van der Waals surface area contributed by atoms with E-state index in [0.29, 0.717) is 5.92 Å². The van der Waals surface area contributed by atoms with Gasteiger partial charge in [-0.1, -0.05) is 12.1 Å². The smallest absolute Gasteiger partial charge is 0.298 e. The third-order valence-corrected chi connectivity index (χ3v) is 5.90. The number of nitrogens with zero attached hydrogens (tertiary/aromatic N) is 6. The third kappa shape index (κ3) is 3.20. The summed E-state index contributed by atoms with van der Waals surface area (Å²) in [5, 5.41) is 9.06. The number of hydrogen-bond donors (Lipinski definition) is 0. The van der Waals surface area contributed by atoms with Gasteiger partial charge in [-0.25, -0.2) is 0 Å². The predicted octanol–water partition coefficient (Wildman–Crippen LogP) is 2.94. The number of anilines is 1. The zero-order chi connectivity index (χ0) is 18.2. The highest BCUT2D eigenvalue weighted by Crippen LogP contribution is 2.30. The zero-order valence-electron chi connectivity index (χ0n) is 15.8. The van der Waals surface area contributed by atoms with Crippen molar-refractivity contribution < 1.29 is 4.42 Å². The van der Waals surface area contributed by atoms with E-state index in [0.717, 1.165) is 61.2 Å². The van der Waals surface area contributed by atoms with Crippen LogP contribution in [0.1, 0.15) is 43.3 Å². The average molecular weight is 366 g/mol. The molecule has 0 unspecified atom stereocenters. The summed E-state index contributed by atoms with van der Waals surface area (Å²) in [6.45, 7) is 5.11. The monoisotopic (exact) mass is 366 g/mol. The molecule has 2 aliphatic heterocycles. The van der Waals surface area contributed by atoms with Crippen LogP contribution in [0.5, 0.6) is 0 Å². The predicted molar refractivity (Wildman–Crippen MR) is 104 cm³/mol. The first kappa shape index (κ1) is 16.7. The molecule has 0 bridgehead atoms. The van der Waals surface area contributed by atoms with Crippen LogP contribution >= 0.6 is 0 Å². The van der Waals surface area contributed by atoms with Crippen molar-refractivity contribution in [3.8, 4) is 0 Å². The topological polar surface area (TPSA) is 63.2 Å². The third-order valence-electron chi connectivity index (χ3n) is 5.90. The van der Waals surface area contributed by atoms with Gasteiger partial charge >= 0.3 is 0 Å². The summed E-state index contributed by atoms with van der Waals surface area (Å²) in [5.74, 6) is 2.52. The van der Waals surface area contributed by atoms with E-state index in [1.807, 2.05) is 24.3 Å². The Balaban J connectivity index is 1.34. The summed E-state index contributed by atoms with van der Waals surface area (Å²) in [6, 6.07) is 8.67. The Morgan fingerprint density at radius 2 is 1.93 bits per heavy atom. The Morgan fingerprint density at radius 3 is 2.78 bits per heavy atom. The van der Waals surface area contributed by atoms with E-state index in [1.54, 1.807) is 0 Å². The van der Waals surface area contributed by atoms with Crippen LogP contribution in [0.25, 0.3) is 11.1 Å². The summed E-state index contributed by atoms with van der Waals surface area (Å²) in [7, 11) is 2.11. The lowest BCUT2D eigenvalue weighted by Crippen LogP contribution is -2.35. The molecule has 2 aromatic heterocycles. The second-order valence-electron chi connectivity index (χ2n) is 7.77. The first-order valence-electron chi connectivity index (χ1n) is 9.99. The number of likely N-dealkylation sites (tertiary alicyclic amines) is 1. The highest BCUT2D eigenvalue weighted by Gasteiger charge is 2.28. The van der Waals surface area contributed by atoms with Crippen molar-refractivity contribution in [2.45, 2.75) is 38.1 Å². The zero-order valence-corrected chi connectivity index (χ0v) is 15.8. The van der Waals surface area contributed by atoms with Crippen LogP contribution in [0.3, 0.4) is 0 Å². The van der Waals surface area contributed by atoms with Crippen molar-refractivity contribution in [1.29, 1.82) is 0 Å². The van der Waals surface area contributed by atoms with Crippen LogP contribution in [0.2, 0.25) is 0 Å². The summed E-state index contributed by atoms with van der Waals surface area (Å²) in [6.07, 6.45) is 4.84. The average Bonchev–Trinajstić information content (AvgIpc) is 3.43. The van der Waals surface area contributed by atoms with Crippen LogP contribution in [-0.2, 0) is 13.6 Å². The minimum absolute atomic E-state index is 0.360. The molecular weight excluding hydrogens is 340 g/mol. The molecule has 7 heteroatoms. The molecule has 0 saturated carbocycles. The molecule has 142 valence electrons. The van der Waals surface area contributed by atoms with Crippen molar-refractivity contribution in [2.24, 2.45) is 7.05 Å². The van der Waals surface area contributed by atoms with Gasteiger partial charge in [0.2, 0.25) is 0 Å². The Morgan fingerprint density at radius 1 is 1.07 bits per heavy atom. The molecule has 27 heavy (non-hydrogen) atoms. The summed E-state index contributed by atoms with van der Waals surface area (Å²) < 4.78 is 8.19. The van der Waals surface area contributed by atoms with Crippen molar-refractivity contribution in [3.05, 3.63) is 35.9 Å². The van der Waals surface area contributed by atoms with Gasteiger partial charge in [-0.2, -0.15) is 4.98 Å². The normalized spacial score (nSPS) is 21.4. The van der Waals surface area contributed by atoms with Gasteiger partial charge in [0.25, 0.3) is 6.01 Å². The van der Waals surface area contributed by atoms with Crippen molar-refractivity contribution >= 4 is 17.1 Å². The fourth-order valence-electron chi connectivity index (χ4n) is 4.37. The van der Waals surface area contributed by atoms with Gasteiger partial charge in [-0.3, -0.25) is 4.90 Å². The maximum Gasteiger partial charge on any atom is 0.298 e. The van der Waals surface area contributed by atoms with E-state index >= 15 is 0 Å². The lowest BCUT2D eigenvalue weighted by Gasteiger charge is -2.31. The molecule has 7 nitrogen and oxygen atoms in total. The summed E-state index contributed by atoms with van der Waals surface area (Å²) in [5.41, 5.74) is 1.77. The van der Waals surface area contributed by atoms with Crippen LogP contribution < -0.4 is 4.90 Å². The number of fused-ring (bicyclic) bond motifs is 1. The van der Waals surface area contributed by atoms with Crippen molar-refractivity contribution in [3.63, 3.8) is 0 Å². The second-order valence-corrected chi connectivity index (χ2v) is 7.77. The number of piperidine rings is 1. The van der Waals surface area contributed by atoms with Gasteiger partial charge in [-0.05, 0) is 50.9 Å². The van der Waals surface area contributed by atoms with E-state index in [9.17, 15) is 0 Å². The largest absolute Gasteiger partial charge is 0.423 e. The van der Waals surface area contributed by atoms with Crippen LogP contribution in [-0.4, -0.2) is 50.8 Å².